The molecule has 1 aromatic carbocycles. The molecule has 5 nitrogen and oxygen atoms in total. The molecule has 1 aromatic rings. The number of anilines is 1. The molecule has 28 heavy (non-hydrogen) atoms. The smallest absolute Gasteiger partial charge is 0.226 e. The Morgan fingerprint density at radius 3 is 2.32 bits per heavy atom. The number of hydrogen-bond acceptors (Lipinski definition) is 3. The maximum absolute atomic E-state index is 13.4. The van der Waals surface area contributed by atoms with E-state index in [-0.39, 0.29) is 29.7 Å². The van der Waals surface area contributed by atoms with Gasteiger partial charge in [0.25, 0.3) is 0 Å². The van der Waals surface area contributed by atoms with E-state index in [4.69, 9.17) is 17.3 Å². The standard InChI is InChI=1S/C22H34ClN3O2/c1-5-6-19(21(24)27)20(13-15(2)3)22(28)25-11-12-26(16(4)14-25)18-9-7-17(23)8-10-18/h7-10,15-16,19-20H,5-6,11-14H2,1-4H3,(H2,24,27)/t16?,19-,20+/m0/s1. The van der Waals surface area contributed by atoms with Gasteiger partial charge in [-0.2, -0.15) is 0 Å². The molecule has 1 saturated heterocycles. The topological polar surface area (TPSA) is 66.6 Å². The molecule has 1 unspecified atom stereocenters. The largest absolute Gasteiger partial charge is 0.369 e. The summed E-state index contributed by atoms with van der Waals surface area (Å²) in [6, 6.07) is 8.01. The zero-order valence-electron chi connectivity index (χ0n) is 17.5. The third-order valence-electron chi connectivity index (χ3n) is 5.59. The molecule has 6 heteroatoms. The highest BCUT2D eigenvalue weighted by Gasteiger charge is 2.37. The lowest BCUT2D eigenvalue weighted by Gasteiger charge is -2.43. The summed E-state index contributed by atoms with van der Waals surface area (Å²) in [4.78, 5) is 29.7. The van der Waals surface area contributed by atoms with Gasteiger partial charge in [0.2, 0.25) is 11.8 Å². The Balaban J connectivity index is 2.13. The molecule has 0 radical (unpaired) electrons. The van der Waals surface area contributed by atoms with E-state index in [2.05, 4.69) is 25.7 Å². The van der Waals surface area contributed by atoms with Gasteiger partial charge in [0, 0.05) is 48.2 Å². The predicted octanol–water partition coefficient (Wildman–Crippen LogP) is 3.94. The summed E-state index contributed by atoms with van der Waals surface area (Å²) in [5.41, 5.74) is 6.79. The van der Waals surface area contributed by atoms with Crippen LogP contribution in [0.25, 0.3) is 0 Å². The quantitative estimate of drug-likeness (QED) is 0.709. The third-order valence-corrected chi connectivity index (χ3v) is 5.84. The molecule has 3 atom stereocenters. The zero-order valence-corrected chi connectivity index (χ0v) is 18.3. The van der Waals surface area contributed by atoms with Gasteiger partial charge in [0.1, 0.15) is 0 Å². The van der Waals surface area contributed by atoms with Gasteiger partial charge in [0.05, 0.1) is 0 Å². The van der Waals surface area contributed by atoms with Gasteiger partial charge in [0.15, 0.2) is 0 Å². The predicted molar refractivity (Wildman–Crippen MR) is 115 cm³/mol. The Morgan fingerprint density at radius 2 is 1.82 bits per heavy atom. The Morgan fingerprint density at radius 1 is 1.18 bits per heavy atom. The van der Waals surface area contributed by atoms with Gasteiger partial charge < -0.3 is 15.5 Å². The van der Waals surface area contributed by atoms with Gasteiger partial charge in [-0.05, 0) is 49.9 Å². The molecule has 2 amide bonds. The lowest BCUT2D eigenvalue weighted by atomic mass is 9.81. The molecule has 1 fully saturated rings. The first-order chi connectivity index (χ1) is 13.2. The van der Waals surface area contributed by atoms with Crippen LogP contribution in [0.3, 0.4) is 0 Å². The van der Waals surface area contributed by atoms with Crippen molar-refractivity contribution in [2.75, 3.05) is 24.5 Å². The first-order valence-corrected chi connectivity index (χ1v) is 10.7. The van der Waals surface area contributed by atoms with Crippen LogP contribution in [0.1, 0.15) is 47.0 Å². The minimum Gasteiger partial charge on any atom is -0.369 e. The van der Waals surface area contributed by atoms with Crippen molar-refractivity contribution in [3.63, 3.8) is 0 Å². The Kier molecular flexibility index (Phi) is 8.17. The second kappa shape index (κ2) is 10.1. The van der Waals surface area contributed by atoms with E-state index < -0.39 is 0 Å². The summed E-state index contributed by atoms with van der Waals surface area (Å²) in [7, 11) is 0. The Bertz CT molecular complexity index is 662. The molecule has 0 spiro atoms. The molecule has 0 aromatic heterocycles. The van der Waals surface area contributed by atoms with Crippen LogP contribution >= 0.6 is 11.6 Å². The molecule has 0 saturated carbocycles. The average molecular weight is 408 g/mol. The number of benzene rings is 1. The van der Waals surface area contributed by atoms with Crippen LogP contribution in [0.15, 0.2) is 24.3 Å². The monoisotopic (exact) mass is 407 g/mol. The summed E-state index contributed by atoms with van der Waals surface area (Å²) in [5.74, 6) is -0.654. The van der Waals surface area contributed by atoms with Crippen molar-refractivity contribution in [3.8, 4) is 0 Å². The Labute approximate surface area is 174 Å². The Hall–Kier alpha value is -1.75. The van der Waals surface area contributed by atoms with Gasteiger partial charge in [-0.25, -0.2) is 0 Å². The number of rotatable bonds is 8. The second-order valence-corrected chi connectivity index (χ2v) is 8.77. The fourth-order valence-corrected chi connectivity index (χ4v) is 4.33. The molecule has 1 heterocycles. The number of carbonyl (C=O) groups is 2. The number of primary amides is 1. The fourth-order valence-electron chi connectivity index (χ4n) is 4.21. The molecule has 0 bridgehead atoms. The minimum absolute atomic E-state index is 0.0774. The van der Waals surface area contributed by atoms with Crippen molar-refractivity contribution in [1.29, 1.82) is 0 Å². The van der Waals surface area contributed by atoms with Crippen LogP contribution in [0.2, 0.25) is 5.02 Å². The van der Waals surface area contributed by atoms with Crippen LogP contribution in [-0.4, -0.2) is 42.4 Å². The molecule has 156 valence electrons. The van der Waals surface area contributed by atoms with E-state index in [1.54, 1.807) is 0 Å². The van der Waals surface area contributed by atoms with Crippen molar-refractivity contribution in [2.45, 2.75) is 53.0 Å². The van der Waals surface area contributed by atoms with Crippen molar-refractivity contribution in [1.82, 2.24) is 4.90 Å². The van der Waals surface area contributed by atoms with Crippen molar-refractivity contribution in [2.24, 2.45) is 23.5 Å². The van der Waals surface area contributed by atoms with Crippen LogP contribution in [0.4, 0.5) is 5.69 Å². The van der Waals surface area contributed by atoms with Gasteiger partial charge in [-0.3, -0.25) is 9.59 Å². The molecular formula is C22H34ClN3O2. The third kappa shape index (κ3) is 5.63. The minimum atomic E-state index is -0.385. The van der Waals surface area contributed by atoms with E-state index >= 15 is 0 Å². The summed E-state index contributed by atoms with van der Waals surface area (Å²) in [5, 5.41) is 0.718. The van der Waals surface area contributed by atoms with E-state index in [9.17, 15) is 9.59 Å². The van der Waals surface area contributed by atoms with E-state index in [1.165, 1.54) is 0 Å². The summed E-state index contributed by atoms with van der Waals surface area (Å²) < 4.78 is 0. The SMILES string of the molecule is CCC[C@H](C(N)=O)[C@@H](CC(C)C)C(=O)N1CCN(c2ccc(Cl)cc2)C(C)C1. The average Bonchev–Trinajstić information content (AvgIpc) is 2.64. The normalized spacial score (nSPS) is 19.6. The maximum Gasteiger partial charge on any atom is 0.226 e. The number of nitrogens with zero attached hydrogens (tertiary/aromatic N) is 2. The highest BCUT2D eigenvalue weighted by Crippen LogP contribution is 2.29. The van der Waals surface area contributed by atoms with E-state index in [0.29, 0.717) is 31.8 Å². The van der Waals surface area contributed by atoms with E-state index in [1.807, 2.05) is 36.1 Å². The van der Waals surface area contributed by atoms with Gasteiger partial charge >= 0.3 is 0 Å². The van der Waals surface area contributed by atoms with Crippen LogP contribution < -0.4 is 10.6 Å². The summed E-state index contributed by atoms with van der Waals surface area (Å²) in [6.45, 7) is 10.4. The number of amides is 2. The zero-order chi connectivity index (χ0) is 20.8. The van der Waals surface area contributed by atoms with Crippen LogP contribution in [0, 0.1) is 17.8 Å². The molecular weight excluding hydrogens is 374 g/mol. The highest BCUT2D eigenvalue weighted by atomic mass is 35.5. The highest BCUT2D eigenvalue weighted by molar-refractivity contribution is 6.30. The van der Waals surface area contributed by atoms with Crippen LogP contribution in [0.5, 0.6) is 0 Å². The maximum atomic E-state index is 13.4. The van der Waals surface area contributed by atoms with Crippen molar-refractivity contribution < 1.29 is 9.59 Å². The molecule has 2 rings (SSSR count). The lowest BCUT2D eigenvalue weighted by Crippen LogP contribution is -2.56. The number of carbonyl (C=O) groups excluding carboxylic acids is 2. The number of hydrogen-bond donors (Lipinski definition) is 1. The van der Waals surface area contributed by atoms with E-state index in [0.717, 1.165) is 23.7 Å². The number of nitrogens with two attached hydrogens (primary N) is 1. The van der Waals surface area contributed by atoms with Crippen molar-refractivity contribution in [3.05, 3.63) is 29.3 Å². The summed E-state index contributed by atoms with van der Waals surface area (Å²) in [6.07, 6.45) is 2.20. The molecule has 2 N–H and O–H groups in total. The first-order valence-electron chi connectivity index (χ1n) is 10.3. The van der Waals surface area contributed by atoms with Crippen LogP contribution in [-0.2, 0) is 9.59 Å². The van der Waals surface area contributed by atoms with Gasteiger partial charge in [-0.15, -0.1) is 0 Å². The number of halogens is 1. The van der Waals surface area contributed by atoms with Gasteiger partial charge in [-0.1, -0.05) is 38.8 Å². The molecule has 1 aliphatic rings. The van der Waals surface area contributed by atoms with Crippen molar-refractivity contribution >= 4 is 29.1 Å². The lowest BCUT2D eigenvalue weighted by molar-refractivity contribution is -0.142. The number of piperazine rings is 1. The molecule has 0 aliphatic carbocycles. The second-order valence-electron chi connectivity index (χ2n) is 8.34. The summed E-state index contributed by atoms with van der Waals surface area (Å²) >= 11 is 6.00. The molecule has 1 aliphatic heterocycles. The first kappa shape index (κ1) is 22.5. The fraction of sp³-hybridized carbons (Fsp3) is 0.636.